The molecule has 3 nitrogen and oxygen atoms in total. The first-order chi connectivity index (χ1) is 8.19. The summed E-state index contributed by atoms with van der Waals surface area (Å²) in [5.41, 5.74) is 7.39. The lowest BCUT2D eigenvalue weighted by Gasteiger charge is -2.32. The smallest absolute Gasteiger partial charge is 0.128 e. The Hall–Kier alpha value is -1.44. The van der Waals surface area contributed by atoms with Gasteiger partial charge in [-0.2, -0.15) is 5.26 Å². The largest absolute Gasteiger partial charge is 0.325 e. The highest BCUT2D eigenvalue weighted by Gasteiger charge is 2.25. The fourth-order valence-electron chi connectivity index (χ4n) is 2.07. The van der Waals surface area contributed by atoms with E-state index in [1.54, 1.807) is 12.1 Å². The summed E-state index contributed by atoms with van der Waals surface area (Å²) in [7, 11) is 0. The molecule has 0 bridgehead atoms. The van der Waals surface area contributed by atoms with Crippen molar-refractivity contribution in [2.24, 2.45) is 5.73 Å². The normalized spacial score (nSPS) is 25.5. The van der Waals surface area contributed by atoms with Crippen LogP contribution in [0, 0.1) is 11.3 Å². The Morgan fingerprint density at radius 1 is 1.41 bits per heavy atom. The highest BCUT2D eigenvalue weighted by molar-refractivity contribution is 5.31. The summed E-state index contributed by atoms with van der Waals surface area (Å²) in [6.07, 6.45) is -0.223. The second-order valence-corrected chi connectivity index (χ2v) is 4.51. The van der Waals surface area contributed by atoms with Crippen LogP contribution in [0.1, 0.15) is 17.5 Å². The third kappa shape index (κ3) is 3.02. The Balaban J connectivity index is 1.94. The third-order valence-electron chi connectivity index (χ3n) is 3.17. The molecule has 0 spiro atoms. The molecular formula is C13H16FN3. The summed E-state index contributed by atoms with van der Waals surface area (Å²) in [5, 5.41) is 8.69. The number of alkyl halides is 1. The lowest BCUT2D eigenvalue weighted by atomic mass is 10.0. The number of piperidine rings is 1. The van der Waals surface area contributed by atoms with Crippen molar-refractivity contribution in [2.75, 3.05) is 13.1 Å². The van der Waals surface area contributed by atoms with E-state index < -0.39 is 6.17 Å². The Morgan fingerprint density at radius 2 is 2.12 bits per heavy atom. The summed E-state index contributed by atoms with van der Waals surface area (Å²) in [6.45, 7) is 1.96. The molecule has 0 radical (unpaired) electrons. The van der Waals surface area contributed by atoms with Crippen molar-refractivity contribution < 1.29 is 4.39 Å². The van der Waals surface area contributed by atoms with E-state index >= 15 is 0 Å². The van der Waals surface area contributed by atoms with E-state index in [9.17, 15) is 4.39 Å². The Labute approximate surface area is 101 Å². The van der Waals surface area contributed by atoms with E-state index in [4.69, 9.17) is 11.0 Å². The molecule has 2 rings (SSSR count). The number of nitriles is 1. The molecule has 90 valence electrons. The zero-order chi connectivity index (χ0) is 12.3. The molecule has 1 fully saturated rings. The molecule has 1 aliphatic rings. The molecule has 2 N–H and O–H groups in total. The van der Waals surface area contributed by atoms with Crippen molar-refractivity contribution in [3.8, 4) is 6.07 Å². The van der Waals surface area contributed by atoms with Gasteiger partial charge in [0.05, 0.1) is 11.6 Å². The van der Waals surface area contributed by atoms with Gasteiger partial charge in [0.2, 0.25) is 0 Å². The number of hydrogen-bond donors (Lipinski definition) is 1. The first-order valence-corrected chi connectivity index (χ1v) is 5.80. The number of benzene rings is 1. The summed E-state index contributed by atoms with van der Waals surface area (Å²) < 4.78 is 13.4. The van der Waals surface area contributed by atoms with Crippen LogP contribution in [0.5, 0.6) is 0 Å². The highest BCUT2D eigenvalue weighted by atomic mass is 19.1. The van der Waals surface area contributed by atoms with Crippen molar-refractivity contribution in [1.82, 2.24) is 4.90 Å². The Kier molecular flexibility index (Phi) is 3.72. The molecule has 1 aliphatic heterocycles. The molecule has 1 saturated heterocycles. The molecule has 0 amide bonds. The molecule has 1 aromatic carbocycles. The molecular weight excluding hydrogens is 217 g/mol. The number of hydrogen-bond acceptors (Lipinski definition) is 3. The second kappa shape index (κ2) is 5.26. The number of nitrogens with two attached hydrogens (primary N) is 1. The van der Waals surface area contributed by atoms with Crippen LogP contribution >= 0.6 is 0 Å². The van der Waals surface area contributed by atoms with Crippen molar-refractivity contribution in [2.45, 2.75) is 25.2 Å². The molecule has 0 aliphatic carbocycles. The van der Waals surface area contributed by atoms with E-state index in [2.05, 4.69) is 11.0 Å². The minimum atomic E-state index is -0.929. The first-order valence-electron chi connectivity index (χ1n) is 5.80. The molecule has 0 unspecified atom stereocenters. The highest BCUT2D eigenvalue weighted by Crippen LogP contribution is 2.15. The van der Waals surface area contributed by atoms with Gasteiger partial charge in [0, 0.05) is 25.7 Å². The van der Waals surface area contributed by atoms with Gasteiger partial charge in [-0.25, -0.2) is 4.39 Å². The molecule has 4 heteroatoms. The van der Waals surface area contributed by atoms with Gasteiger partial charge in [-0.3, -0.25) is 4.90 Å². The molecule has 1 heterocycles. The molecule has 2 atom stereocenters. The summed E-state index contributed by atoms with van der Waals surface area (Å²) >= 11 is 0. The average Bonchev–Trinajstić information content (AvgIpc) is 2.35. The second-order valence-electron chi connectivity index (χ2n) is 4.51. The van der Waals surface area contributed by atoms with Crippen LogP contribution in [-0.4, -0.2) is 30.2 Å². The fourth-order valence-corrected chi connectivity index (χ4v) is 2.07. The molecule has 17 heavy (non-hydrogen) atoms. The summed E-state index contributed by atoms with van der Waals surface area (Å²) in [5.74, 6) is 0. The van der Waals surface area contributed by atoms with Gasteiger partial charge in [0.15, 0.2) is 0 Å². The standard InChI is InChI=1S/C13H16FN3/c14-12-9-17(6-5-13(12)16)8-11-3-1-10(7-15)2-4-11/h1-4,12-13H,5-6,8-9,16H2/t12-,13-/m0/s1. The molecule has 0 aromatic heterocycles. The lowest BCUT2D eigenvalue weighted by Crippen LogP contribution is -2.48. The van der Waals surface area contributed by atoms with Crippen LogP contribution in [0.25, 0.3) is 0 Å². The van der Waals surface area contributed by atoms with Crippen LogP contribution in [0.2, 0.25) is 0 Å². The topological polar surface area (TPSA) is 53.0 Å². The van der Waals surface area contributed by atoms with Crippen molar-refractivity contribution in [1.29, 1.82) is 5.26 Å². The zero-order valence-electron chi connectivity index (χ0n) is 9.64. The fraction of sp³-hybridized carbons (Fsp3) is 0.462. The van der Waals surface area contributed by atoms with Crippen LogP contribution in [0.4, 0.5) is 4.39 Å². The van der Waals surface area contributed by atoms with Crippen LogP contribution in [0.3, 0.4) is 0 Å². The molecule has 1 aromatic rings. The SMILES string of the molecule is N#Cc1ccc(CN2CC[C@H](N)[C@@H](F)C2)cc1. The number of halogens is 1. The van der Waals surface area contributed by atoms with Gasteiger partial charge >= 0.3 is 0 Å². The Morgan fingerprint density at radius 3 is 2.71 bits per heavy atom. The summed E-state index contributed by atoms with van der Waals surface area (Å²) in [6, 6.07) is 9.18. The number of likely N-dealkylation sites (tertiary alicyclic amines) is 1. The summed E-state index contributed by atoms with van der Waals surface area (Å²) in [4.78, 5) is 2.06. The van der Waals surface area contributed by atoms with Crippen molar-refractivity contribution in [3.63, 3.8) is 0 Å². The number of rotatable bonds is 2. The maximum Gasteiger partial charge on any atom is 0.128 e. The van der Waals surface area contributed by atoms with Gasteiger partial charge in [0.1, 0.15) is 6.17 Å². The number of nitrogens with zero attached hydrogens (tertiary/aromatic N) is 2. The maximum absolute atomic E-state index is 13.4. The van der Waals surface area contributed by atoms with Gasteiger partial charge in [-0.1, -0.05) is 12.1 Å². The predicted octanol–water partition coefficient (Wildman–Crippen LogP) is 1.43. The minimum Gasteiger partial charge on any atom is -0.325 e. The van der Waals surface area contributed by atoms with E-state index in [1.165, 1.54) is 0 Å². The predicted molar refractivity (Wildman–Crippen MR) is 63.9 cm³/mol. The minimum absolute atomic E-state index is 0.313. The van der Waals surface area contributed by atoms with Gasteiger partial charge < -0.3 is 5.73 Å². The third-order valence-corrected chi connectivity index (χ3v) is 3.17. The van der Waals surface area contributed by atoms with Crippen LogP contribution in [0.15, 0.2) is 24.3 Å². The molecule has 0 saturated carbocycles. The van der Waals surface area contributed by atoms with Gasteiger partial charge in [0.25, 0.3) is 0 Å². The zero-order valence-corrected chi connectivity index (χ0v) is 9.64. The van der Waals surface area contributed by atoms with E-state index in [-0.39, 0.29) is 6.04 Å². The van der Waals surface area contributed by atoms with E-state index in [0.29, 0.717) is 18.5 Å². The van der Waals surface area contributed by atoms with Crippen molar-refractivity contribution >= 4 is 0 Å². The van der Waals surface area contributed by atoms with Crippen molar-refractivity contribution in [3.05, 3.63) is 35.4 Å². The van der Waals surface area contributed by atoms with E-state index in [0.717, 1.165) is 18.7 Å². The quantitative estimate of drug-likeness (QED) is 0.840. The van der Waals surface area contributed by atoms with Crippen LogP contribution < -0.4 is 5.73 Å². The lowest BCUT2D eigenvalue weighted by molar-refractivity contribution is 0.114. The maximum atomic E-state index is 13.4. The first kappa shape index (κ1) is 12.0. The van der Waals surface area contributed by atoms with Gasteiger partial charge in [-0.05, 0) is 24.1 Å². The van der Waals surface area contributed by atoms with Crippen LogP contribution in [-0.2, 0) is 6.54 Å². The monoisotopic (exact) mass is 233 g/mol. The Bertz CT molecular complexity index is 410. The van der Waals surface area contributed by atoms with E-state index in [1.807, 2.05) is 12.1 Å². The van der Waals surface area contributed by atoms with Gasteiger partial charge in [-0.15, -0.1) is 0 Å². The average molecular weight is 233 g/mol.